The number of aliphatic hydroxyl groups is 1. The van der Waals surface area contributed by atoms with Crippen molar-refractivity contribution in [1.29, 1.82) is 0 Å². The lowest BCUT2D eigenvalue weighted by atomic mass is 9.93. The first-order valence-corrected chi connectivity index (χ1v) is 7.70. The Balaban J connectivity index is 1.67. The average Bonchev–Trinajstić information content (AvgIpc) is 2.98. The molecule has 4 nitrogen and oxygen atoms in total. The van der Waals surface area contributed by atoms with E-state index >= 15 is 0 Å². The first-order valence-electron chi connectivity index (χ1n) is 7.70. The van der Waals surface area contributed by atoms with Gasteiger partial charge in [-0.2, -0.15) is 0 Å². The Morgan fingerprint density at radius 1 is 1.41 bits per heavy atom. The molecule has 0 bridgehead atoms. The molecule has 0 saturated carbocycles. The number of rotatable bonds is 4. The van der Waals surface area contributed by atoms with E-state index in [1.54, 1.807) is 6.92 Å². The maximum absolute atomic E-state index is 12.2. The molecule has 2 aromatic rings. The Morgan fingerprint density at radius 2 is 2.23 bits per heavy atom. The number of para-hydroxylation sites is 1. The number of furan rings is 1. The molecule has 4 heteroatoms. The number of carbonyl (C=O) groups is 1. The summed E-state index contributed by atoms with van der Waals surface area (Å²) in [6, 6.07) is 9.44. The minimum absolute atomic E-state index is 0.000682. The summed E-state index contributed by atoms with van der Waals surface area (Å²) < 4.78 is 5.70. The molecule has 116 valence electrons. The minimum atomic E-state index is -1.22. The molecule has 22 heavy (non-hydrogen) atoms. The summed E-state index contributed by atoms with van der Waals surface area (Å²) >= 11 is 0. The molecule has 0 unspecified atom stereocenters. The largest absolute Gasteiger partial charge is 0.458 e. The standard InChI is InChI=1S/C18H21NO3/c1-18(21,12-19-17(20)13-7-3-2-4-8-13)16-11-14-9-5-6-10-15(14)22-16/h2-3,5-6,9-11,13,21H,4,7-8,12H2,1H3,(H,19,20)/t13-,18-/m0/s1. The Kier molecular flexibility index (Phi) is 4.03. The van der Waals surface area contributed by atoms with Crippen LogP contribution in [0.15, 0.2) is 46.9 Å². The Labute approximate surface area is 129 Å². The van der Waals surface area contributed by atoms with Gasteiger partial charge in [0.1, 0.15) is 16.9 Å². The SMILES string of the molecule is C[C@](O)(CNC(=O)[C@H]1CC=CCC1)c1cc2ccccc2o1. The second-order valence-corrected chi connectivity index (χ2v) is 6.12. The fourth-order valence-electron chi connectivity index (χ4n) is 2.77. The van der Waals surface area contributed by atoms with Gasteiger partial charge in [0.15, 0.2) is 0 Å². The molecule has 1 aliphatic carbocycles. The van der Waals surface area contributed by atoms with Crippen molar-refractivity contribution in [2.24, 2.45) is 5.92 Å². The van der Waals surface area contributed by atoms with Crippen LogP contribution < -0.4 is 5.32 Å². The third-order valence-corrected chi connectivity index (χ3v) is 4.20. The van der Waals surface area contributed by atoms with Crippen molar-refractivity contribution in [3.05, 3.63) is 48.2 Å². The summed E-state index contributed by atoms with van der Waals surface area (Å²) in [6.07, 6.45) is 6.74. The second-order valence-electron chi connectivity index (χ2n) is 6.12. The van der Waals surface area contributed by atoms with Gasteiger partial charge in [-0.1, -0.05) is 30.4 Å². The quantitative estimate of drug-likeness (QED) is 0.853. The third kappa shape index (κ3) is 3.07. The molecule has 0 fully saturated rings. The zero-order valence-electron chi connectivity index (χ0n) is 12.7. The zero-order chi connectivity index (χ0) is 15.6. The van der Waals surface area contributed by atoms with Gasteiger partial charge in [0.25, 0.3) is 0 Å². The van der Waals surface area contributed by atoms with Crippen molar-refractivity contribution in [3.8, 4) is 0 Å². The Morgan fingerprint density at radius 3 is 2.95 bits per heavy atom. The van der Waals surface area contributed by atoms with Gasteiger partial charge in [0.05, 0.1) is 6.54 Å². The van der Waals surface area contributed by atoms with E-state index in [-0.39, 0.29) is 18.4 Å². The number of benzene rings is 1. The van der Waals surface area contributed by atoms with Crippen LogP contribution >= 0.6 is 0 Å². The summed E-state index contributed by atoms with van der Waals surface area (Å²) in [5.41, 5.74) is -0.486. The number of hydrogen-bond acceptors (Lipinski definition) is 3. The third-order valence-electron chi connectivity index (χ3n) is 4.20. The number of carbonyl (C=O) groups excluding carboxylic acids is 1. The highest BCUT2D eigenvalue weighted by atomic mass is 16.4. The zero-order valence-corrected chi connectivity index (χ0v) is 12.7. The van der Waals surface area contributed by atoms with Gasteiger partial charge in [-0.15, -0.1) is 0 Å². The van der Waals surface area contributed by atoms with E-state index in [1.807, 2.05) is 36.4 Å². The molecule has 1 amide bonds. The van der Waals surface area contributed by atoms with Crippen LogP contribution in [0.4, 0.5) is 0 Å². The smallest absolute Gasteiger partial charge is 0.223 e. The number of allylic oxidation sites excluding steroid dienone is 2. The summed E-state index contributed by atoms with van der Waals surface area (Å²) in [6.45, 7) is 1.80. The molecule has 0 aliphatic heterocycles. The van der Waals surface area contributed by atoms with Crippen LogP contribution in [0.1, 0.15) is 31.9 Å². The van der Waals surface area contributed by atoms with Crippen LogP contribution in [-0.4, -0.2) is 17.6 Å². The van der Waals surface area contributed by atoms with E-state index in [2.05, 4.69) is 11.4 Å². The van der Waals surface area contributed by atoms with E-state index in [1.165, 1.54) is 0 Å². The van der Waals surface area contributed by atoms with Crippen LogP contribution in [0, 0.1) is 5.92 Å². The molecule has 0 spiro atoms. The van der Waals surface area contributed by atoms with Crippen molar-refractivity contribution in [1.82, 2.24) is 5.32 Å². The maximum Gasteiger partial charge on any atom is 0.223 e. The van der Waals surface area contributed by atoms with E-state index in [4.69, 9.17) is 4.42 Å². The molecule has 1 aliphatic rings. The van der Waals surface area contributed by atoms with E-state index in [0.717, 1.165) is 30.2 Å². The molecular formula is C18H21NO3. The molecule has 0 saturated heterocycles. The number of amides is 1. The molecule has 3 rings (SSSR count). The predicted octanol–water partition coefficient (Wildman–Crippen LogP) is 3.11. The van der Waals surface area contributed by atoms with Crippen molar-refractivity contribution in [3.63, 3.8) is 0 Å². The van der Waals surface area contributed by atoms with E-state index in [0.29, 0.717) is 5.76 Å². The summed E-state index contributed by atoms with van der Waals surface area (Å²) in [4.78, 5) is 12.2. The monoisotopic (exact) mass is 299 g/mol. The van der Waals surface area contributed by atoms with Crippen molar-refractivity contribution in [2.45, 2.75) is 31.8 Å². The molecule has 1 aromatic heterocycles. The highest BCUT2D eigenvalue weighted by Crippen LogP contribution is 2.27. The summed E-state index contributed by atoms with van der Waals surface area (Å²) in [7, 11) is 0. The van der Waals surface area contributed by atoms with Gasteiger partial charge in [-0.25, -0.2) is 0 Å². The van der Waals surface area contributed by atoms with Gasteiger partial charge in [-0.3, -0.25) is 4.79 Å². The molecular weight excluding hydrogens is 278 g/mol. The first-order chi connectivity index (χ1) is 10.6. The van der Waals surface area contributed by atoms with Gasteiger partial charge >= 0.3 is 0 Å². The predicted molar refractivity (Wildman–Crippen MR) is 85.3 cm³/mol. The lowest BCUT2D eigenvalue weighted by Crippen LogP contribution is -2.41. The lowest BCUT2D eigenvalue weighted by Gasteiger charge is -2.23. The summed E-state index contributed by atoms with van der Waals surface area (Å²) in [5, 5.41) is 14.4. The number of hydrogen-bond donors (Lipinski definition) is 2. The lowest BCUT2D eigenvalue weighted by molar-refractivity contribution is -0.126. The average molecular weight is 299 g/mol. The fourth-order valence-corrected chi connectivity index (χ4v) is 2.77. The van der Waals surface area contributed by atoms with Crippen LogP contribution in [0.25, 0.3) is 11.0 Å². The number of nitrogens with one attached hydrogen (secondary N) is 1. The normalized spacial score (nSPS) is 20.7. The van der Waals surface area contributed by atoms with Crippen LogP contribution in [0.2, 0.25) is 0 Å². The van der Waals surface area contributed by atoms with Gasteiger partial charge in [0, 0.05) is 11.3 Å². The van der Waals surface area contributed by atoms with Crippen molar-refractivity contribution >= 4 is 16.9 Å². The molecule has 0 radical (unpaired) electrons. The van der Waals surface area contributed by atoms with Crippen molar-refractivity contribution < 1.29 is 14.3 Å². The molecule has 2 atom stereocenters. The number of fused-ring (bicyclic) bond motifs is 1. The van der Waals surface area contributed by atoms with Crippen molar-refractivity contribution in [2.75, 3.05) is 6.54 Å². The molecule has 1 heterocycles. The first kappa shape index (κ1) is 14.9. The van der Waals surface area contributed by atoms with Crippen LogP contribution in [0.3, 0.4) is 0 Å². The van der Waals surface area contributed by atoms with Gasteiger partial charge < -0.3 is 14.8 Å². The minimum Gasteiger partial charge on any atom is -0.458 e. The highest BCUT2D eigenvalue weighted by Gasteiger charge is 2.29. The topological polar surface area (TPSA) is 62.5 Å². The molecule has 1 aromatic carbocycles. The van der Waals surface area contributed by atoms with Crippen LogP contribution in [0.5, 0.6) is 0 Å². The Hall–Kier alpha value is -2.07. The van der Waals surface area contributed by atoms with E-state index < -0.39 is 5.60 Å². The van der Waals surface area contributed by atoms with Crippen LogP contribution in [-0.2, 0) is 10.4 Å². The molecule has 2 N–H and O–H groups in total. The maximum atomic E-state index is 12.2. The Bertz CT molecular complexity index is 666. The summed E-state index contributed by atoms with van der Waals surface area (Å²) in [5.74, 6) is 0.481. The van der Waals surface area contributed by atoms with E-state index in [9.17, 15) is 9.90 Å². The second kappa shape index (κ2) is 5.97. The fraction of sp³-hybridized carbons (Fsp3) is 0.389. The highest BCUT2D eigenvalue weighted by molar-refractivity contribution is 5.79. The van der Waals surface area contributed by atoms with Gasteiger partial charge in [0.2, 0.25) is 5.91 Å². The van der Waals surface area contributed by atoms with Gasteiger partial charge in [-0.05, 0) is 38.3 Å².